The molecular weight excluding hydrogens is 344 g/mol. The van der Waals surface area contributed by atoms with Crippen molar-refractivity contribution in [3.8, 4) is 0 Å². The molecule has 0 aliphatic carbocycles. The predicted molar refractivity (Wildman–Crippen MR) is 85.9 cm³/mol. The molecule has 0 spiro atoms. The molecule has 2 aromatic rings. The van der Waals surface area contributed by atoms with E-state index >= 15 is 0 Å². The molecule has 7 nitrogen and oxygen atoms in total. The summed E-state index contributed by atoms with van der Waals surface area (Å²) in [6.07, 6.45) is -1.05. The van der Waals surface area contributed by atoms with Crippen LogP contribution in [0.2, 0.25) is 5.02 Å². The van der Waals surface area contributed by atoms with Crippen LogP contribution in [0, 0.1) is 10.1 Å². The SMILES string of the molecule is CC(OC(=O)c1cccs1)C(=O)Nc1ccc([N+](=O)[O-])cc1Cl. The Hall–Kier alpha value is -2.45. The lowest BCUT2D eigenvalue weighted by atomic mass is 10.2. The third-order valence-corrected chi connectivity index (χ3v) is 3.96. The smallest absolute Gasteiger partial charge is 0.349 e. The molecule has 1 unspecified atom stereocenters. The van der Waals surface area contributed by atoms with Crippen molar-refractivity contribution in [1.29, 1.82) is 0 Å². The van der Waals surface area contributed by atoms with E-state index in [0.29, 0.717) is 4.88 Å². The number of carbonyl (C=O) groups is 2. The zero-order valence-corrected chi connectivity index (χ0v) is 13.4. The van der Waals surface area contributed by atoms with Gasteiger partial charge in [0, 0.05) is 12.1 Å². The van der Waals surface area contributed by atoms with Crippen molar-refractivity contribution in [1.82, 2.24) is 0 Å². The maximum atomic E-state index is 12.0. The van der Waals surface area contributed by atoms with Crippen LogP contribution in [0.1, 0.15) is 16.6 Å². The van der Waals surface area contributed by atoms with Crippen LogP contribution >= 0.6 is 22.9 Å². The number of hydrogen-bond donors (Lipinski definition) is 1. The average Bonchev–Trinajstić information content (AvgIpc) is 3.03. The molecule has 23 heavy (non-hydrogen) atoms. The van der Waals surface area contributed by atoms with Crippen LogP contribution in [-0.2, 0) is 9.53 Å². The Morgan fingerprint density at radius 2 is 2.13 bits per heavy atom. The van der Waals surface area contributed by atoms with Crippen LogP contribution in [-0.4, -0.2) is 22.9 Å². The van der Waals surface area contributed by atoms with Gasteiger partial charge in [-0.15, -0.1) is 11.3 Å². The van der Waals surface area contributed by atoms with Crippen LogP contribution in [0.15, 0.2) is 35.7 Å². The summed E-state index contributed by atoms with van der Waals surface area (Å²) in [5.74, 6) is -1.19. The van der Waals surface area contributed by atoms with E-state index in [1.165, 1.54) is 30.4 Å². The zero-order valence-electron chi connectivity index (χ0n) is 11.8. The van der Waals surface area contributed by atoms with Gasteiger partial charge in [0.25, 0.3) is 11.6 Å². The molecular formula is C14H11ClN2O5S. The number of amides is 1. The van der Waals surface area contributed by atoms with E-state index in [4.69, 9.17) is 16.3 Å². The highest BCUT2D eigenvalue weighted by atomic mass is 35.5. The molecule has 1 aromatic carbocycles. The Labute approximate surface area is 140 Å². The second-order valence-electron chi connectivity index (χ2n) is 4.44. The highest BCUT2D eigenvalue weighted by Gasteiger charge is 2.21. The summed E-state index contributed by atoms with van der Waals surface area (Å²) in [4.78, 5) is 34.2. The predicted octanol–water partition coefficient (Wildman–Crippen LogP) is 3.49. The third kappa shape index (κ3) is 4.27. The average molecular weight is 355 g/mol. The van der Waals surface area contributed by atoms with Crippen molar-refractivity contribution in [2.45, 2.75) is 13.0 Å². The molecule has 0 aliphatic rings. The quantitative estimate of drug-likeness (QED) is 0.503. The zero-order chi connectivity index (χ0) is 17.0. The normalized spacial score (nSPS) is 11.6. The molecule has 1 aromatic heterocycles. The Balaban J connectivity index is 2.01. The number of nitrogens with one attached hydrogen (secondary N) is 1. The van der Waals surface area contributed by atoms with Gasteiger partial charge in [-0.1, -0.05) is 17.7 Å². The number of non-ortho nitro benzene ring substituents is 1. The van der Waals surface area contributed by atoms with Crippen LogP contribution in [0.4, 0.5) is 11.4 Å². The van der Waals surface area contributed by atoms with E-state index in [1.807, 2.05) is 0 Å². The van der Waals surface area contributed by atoms with Gasteiger partial charge < -0.3 is 10.1 Å². The number of carbonyl (C=O) groups excluding carboxylic acids is 2. The standard InChI is InChI=1S/C14H11ClN2O5S/c1-8(22-14(19)12-3-2-6-23-12)13(18)16-11-5-4-9(17(20)21)7-10(11)15/h2-8H,1H3,(H,16,18). The first-order chi connectivity index (χ1) is 10.9. The largest absolute Gasteiger partial charge is 0.448 e. The number of ether oxygens (including phenoxy) is 1. The second kappa shape index (κ2) is 7.21. The Bertz CT molecular complexity index is 748. The summed E-state index contributed by atoms with van der Waals surface area (Å²) >= 11 is 7.09. The van der Waals surface area contributed by atoms with Gasteiger partial charge >= 0.3 is 5.97 Å². The lowest BCUT2D eigenvalue weighted by molar-refractivity contribution is -0.384. The monoisotopic (exact) mass is 354 g/mol. The summed E-state index contributed by atoms with van der Waals surface area (Å²) in [5.41, 5.74) is 0.00598. The molecule has 1 atom stereocenters. The molecule has 1 N–H and O–H groups in total. The van der Waals surface area contributed by atoms with E-state index in [2.05, 4.69) is 5.32 Å². The van der Waals surface area contributed by atoms with Gasteiger partial charge in [0.1, 0.15) is 4.88 Å². The van der Waals surface area contributed by atoms with E-state index in [9.17, 15) is 19.7 Å². The van der Waals surface area contributed by atoms with Gasteiger partial charge in [-0.3, -0.25) is 14.9 Å². The molecule has 0 saturated heterocycles. The third-order valence-electron chi connectivity index (χ3n) is 2.80. The van der Waals surface area contributed by atoms with Crippen molar-refractivity contribution >= 4 is 46.2 Å². The Morgan fingerprint density at radius 3 is 2.70 bits per heavy atom. The van der Waals surface area contributed by atoms with Crippen LogP contribution in [0.25, 0.3) is 0 Å². The molecule has 0 bridgehead atoms. The van der Waals surface area contributed by atoms with Crippen molar-refractivity contribution in [3.63, 3.8) is 0 Å². The number of nitro benzene ring substituents is 1. The molecule has 0 fully saturated rings. The molecule has 1 heterocycles. The molecule has 0 saturated carbocycles. The van der Waals surface area contributed by atoms with E-state index in [1.54, 1.807) is 17.5 Å². The van der Waals surface area contributed by atoms with E-state index in [-0.39, 0.29) is 16.4 Å². The minimum Gasteiger partial charge on any atom is -0.448 e. The lowest BCUT2D eigenvalue weighted by Crippen LogP contribution is -2.29. The maximum absolute atomic E-state index is 12.0. The number of nitro groups is 1. The summed E-state index contributed by atoms with van der Waals surface area (Å²) in [7, 11) is 0. The number of hydrogen-bond acceptors (Lipinski definition) is 6. The molecule has 2 rings (SSSR count). The van der Waals surface area contributed by atoms with Crippen LogP contribution in [0.3, 0.4) is 0 Å². The number of benzene rings is 1. The lowest BCUT2D eigenvalue weighted by Gasteiger charge is -2.13. The summed E-state index contributed by atoms with van der Waals surface area (Å²) in [6, 6.07) is 6.93. The molecule has 0 aliphatic heterocycles. The van der Waals surface area contributed by atoms with Gasteiger partial charge in [-0.05, 0) is 24.4 Å². The van der Waals surface area contributed by atoms with Gasteiger partial charge in [0.2, 0.25) is 0 Å². The number of rotatable bonds is 5. The number of esters is 1. The maximum Gasteiger partial charge on any atom is 0.349 e. The van der Waals surface area contributed by atoms with E-state index < -0.39 is 22.9 Å². The second-order valence-corrected chi connectivity index (χ2v) is 5.79. The van der Waals surface area contributed by atoms with Gasteiger partial charge in [-0.2, -0.15) is 0 Å². The first kappa shape index (κ1) is 16.9. The number of anilines is 1. The first-order valence-corrected chi connectivity index (χ1v) is 7.63. The summed E-state index contributed by atoms with van der Waals surface area (Å²) < 4.78 is 5.04. The van der Waals surface area contributed by atoms with Crippen molar-refractivity contribution < 1.29 is 19.2 Å². The highest BCUT2D eigenvalue weighted by Crippen LogP contribution is 2.26. The topological polar surface area (TPSA) is 98.5 Å². The molecule has 1 amide bonds. The summed E-state index contributed by atoms with van der Waals surface area (Å²) in [6.45, 7) is 1.42. The number of thiophene rings is 1. The number of halogens is 1. The summed E-state index contributed by atoms with van der Waals surface area (Å²) in [5, 5.41) is 14.8. The van der Waals surface area contributed by atoms with Crippen LogP contribution < -0.4 is 5.32 Å². The van der Waals surface area contributed by atoms with Crippen molar-refractivity contribution in [2.24, 2.45) is 0 Å². The van der Waals surface area contributed by atoms with Crippen LogP contribution in [0.5, 0.6) is 0 Å². The molecule has 0 radical (unpaired) electrons. The van der Waals surface area contributed by atoms with Gasteiger partial charge in [0.15, 0.2) is 6.10 Å². The number of nitrogens with zero attached hydrogens (tertiary/aromatic N) is 1. The van der Waals surface area contributed by atoms with Gasteiger partial charge in [0.05, 0.1) is 15.6 Å². The Kier molecular flexibility index (Phi) is 5.30. The fraction of sp³-hybridized carbons (Fsp3) is 0.143. The minimum absolute atomic E-state index is 0.0179. The molecule has 120 valence electrons. The van der Waals surface area contributed by atoms with E-state index in [0.717, 1.165) is 6.07 Å². The minimum atomic E-state index is -1.05. The highest BCUT2D eigenvalue weighted by molar-refractivity contribution is 7.11. The van der Waals surface area contributed by atoms with Crippen molar-refractivity contribution in [2.75, 3.05) is 5.32 Å². The fourth-order valence-electron chi connectivity index (χ4n) is 1.62. The Morgan fingerprint density at radius 1 is 1.39 bits per heavy atom. The van der Waals surface area contributed by atoms with Gasteiger partial charge in [-0.25, -0.2) is 4.79 Å². The first-order valence-electron chi connectivity index (χ1n) is 6.38. The van der Waals surface area contributed by atoms with Crippen molar-refractivity contribution in [3.05, 3.63) is 55.7 Å². The fourth-order valence-corrected chi connectivity index (χ4v) is 2.45. The molecule has 9 heteroatoms.